The minimum atomic E-state index is -0.553. The van der Waals surface area contributed by atoms with Crippen molar-refractivity contribution in [2.75, 3.05) is 6.54 Å². The molecular weight excluding hydrogens is 290 g/mol. The predicted octanol–water partition coefficient (Wildman–Crippen LogP) is 2.53. The van der Waals surface area contributed by atoms with Crippen LogP contribution in [0.25, 0.3) is 5.57 Å². The van der Waals surface area contributed by atoms with Crippen molar-refractivity contribution in [2.24, 2.45) is 0 Å². The number of urea groups is 1. The SMILES string of the molecule is C=C(C)c1cccc(C(C)(C)NC(=O)NCC(=O)NC2CC2)c1. The van der Waals surface area contributed by atoms with Crippen molar-refractivity contribution in [3.05, 3.63) is 42.0 Å². The molecule has 2 rings (SSSR count). The molecule has 1 aliphatic rings. The van der Waals surface area contributed by atoms with Gasteiger partial charge in [0.15, 0.2) is 0 Å². The third-order valence-electron chi connectivity index (χ3n) is 3.86. The Hall–Kier alpha value is -2.30. The van der Waals surface area contributed by atoms with Gasteiger partial charge in [0.1, 0.15) is 0 Å². The van der Waals surface area contributed by atoms with Crippen LogP contribution in [0, 0.1) is 0 Å². The van der Waals surface area contributed by atoms with Gasteiger partial charge in [-0.25, -0.2) is 4.79 Å². The third-order valence-corrected chi connectivity index (χ3v) is 3.86. The zero-order valence-electron chi connectivity index (χ0n) is 14.0. The summed E-state index contributed by atoms with van der Waals surface area (Å²) in [7, 11) is 0. The van der Waals surface area contributed by atoms with E-state index in [1.165, 1.54) is 0 Å². The molecule has 3 N–H and O–H groups in total. The first-order chi connectivity index (χ1) is 10.8. The number of carbonyl (C=O) groups excluding carboxylic acids is 2. The van der Waals surface area contributed by atoms with Crippen LogP contribution in [0.2, 0.25) is 0 Å². The molecule has 3 amide bonds. The zero-order valence-corrected chi connectivity index (χ0v) is 14.0. The fraction of sp³-hybridized carbons (Fsp3) is 0.444. The van der Waals surface area contributed by atoms with Gasteiger partial charge in [-0.15, -0.1) is 0 Å². The van der Waals surface area contributed by atoms with E-state index in [4.69, 9.17) is 0 Å². The molecule has 0 spiro atoms. The lowest BCUT2D eigenvalue weighted by atomic mass is 9.92. The molecule has 5 nitrogen and oxygen atoms in total. The maximum absolute atomic E-state index is 12.0. The van der Waals surface area contributed by atoms with Crippen LogP contribution >= 0.6 is 0 Å². The molecule has 0 bridgehead atoms. The Labute approximate surface area is 137 Å². The molecule has 0 radical (unpaired) electrons. The monoisotopic (exact) mass is 315 g/mol. The molecule has 1 fully saturated rings. The van der Waals surface area contributed by atoms with Crippen LogP contribution in [0.3, 0.4) is 0 Å². The molecule has 5 heteroatoms. The summed E-state index contributed by atoms with van der Waals surface area (Å²) in [5, 5.41) is 8.33. The summed E-state index contributed by atoms with van der Waals surface area (Å²) in [6.07, 6.45) is 2.06. The van der Waals surface area contributed by atoms with Crippen molar-refractivity contribution in [3.63, 3.8) is 0 Å². The van der Waals surface area contributed by atoms with E-state index >= 15 is 0 Å². The van der Waals surface area contributed by atoms with Crippen molar-refractivity contribution in [1.82, 2.24) is 16.0 Å². The average Bonchev–Trinajstić information content (AvgIpc) is 3.29. The summed E-state index contributed by atoms with van der Waals surface area (Å²) in [4.78, 5) is 23.6. The van der Waals surface area contributed by atoms with Gasteiger partial charge >= 0.3 is 6.03 Å². The molecule has 1 aliphatic carbocycles. The number of hydrogen-bond acceptors (Lipinski definition) is 2. The van der Waals surface area contributed by atoms with Crippen LogP contribution < -0.4 is 16.0 Å². The van der Waals surface area contributed by atoms with Crippen LogP contribution in [0.4, 0.5) is 4.79 Å². The van der Waals surface area contributed by atoms with E-state index < -0.39 is 5.54 Å². The standard InChI is InChI=1S/C18H25N3O2/c1-12(2)13-6-5-7-14(10-13)18(3,4)21-17(23)19-11-16(22)20-15-8-9-15/h5-7,10,15H,1,8-9,11H2,2-4H3,(H,20,22)(H2,19,21,23). The highest BCUT2D eigenvalue weighted by Crippen LogP contribution is 2.23. The molecule has 124 valence electrons. The summed E-state index contributed by atoms with van der Waals surface area (Å²) in [6, 6.07) is 7.86. The van der Waals surface area contributed by atoms with Crippen LogP contribution in [0.5, 0.6) is 0 Å². The fourth-order valence-electron chi connectivity index (χ4n) is 2.24. The smallest absolute Gasteiger partial charge is 0.315 e. The molecule has 23 heavy (non-hydrogen) atoms. The number of amides is 3. The largest absolute Gasteiger partial charge is 0.352 e. The van der Waals surface area contributed by atoms with Gasteiger partial charge in [-0.3, -0.25) is 4.79 Å². The summed E-state index contributed by atoms with van der Waals surface area (Å²) < 4.78 is 0. The first-order valence-corrected chi connectivity index (χ1v) is 7.90. The van der Waals surface area contributed by atoms with Gasteiger partial charge in [0, 0.05) is 6.04 Å². The lowest BCUT2D eigenvalue weighted by Crippen LogP contribution is -2.49. The molecule has 1 aromatic rings. The molecule has 1 aromatic carbocycles. The second kappa shape index (κ2) is 6.86. The predicted molar refractivity (Wildman–Crippen MR) is 91.9 cm³/mol. The Balaban J connectivity index is 1.91. The van der Waals surface area contributed by atoms with Crippen LogP contribution in [-0.4, -0.2) is 24.5 Å². The second-order valence-electron chi connectivity index (χ2n) is 6.64. The number of rotatable bonds is 6. The molecular formula is C18H25N3O2. The highest BCUT2D eigenvalue weighted by molar-refractivity contribution is 5.84. The maximum Gasteiger partial charge on any atom is 0.315 e. The normalized spacial score (nSPS) is 14.0. The van der Waals surface area contributed by atoms with Gasteiger partial charge in [-0.05, 0) is 50.8 Å². The second-order valence-corrected chi connectivity index (χ2v) is 6.64. The van der Waals surface area contributed by atoms with Crippen LogP contribution in [-0.2, 0) is 10.3 Å². The first-order valence-electron chi connectivity index (χ1n) is 7.90. The zero-order chi connectivity index (χ0) is 17.0. The Morgan fingerprint density at radius 1 is 1.30 bits per heavy atom. The van der Waals surface area contributed by atoms with E-state index in [0.717, 1.165) is 29.5 Å². The van der Waals surface area contributed by atoms with E-state index in [0.29, 0.717) is 6.04 Å². The Kier molecular flexibility index (Phi) is 5.08. The Morgan fingerprint density at radius 3 is 2.61 bits per heavy atom. The van der Waals surface area contributed by atoms with Crippen molar-refractivity contribution >= 4 is 17.5 Å². The van der Waals surface area contributed by atoms with Crippen molar-refractivity contribution < 1.29 is 9.59 Å². The number of hydrogen-bond donors (Lipinski definition) is 3. The minimum absolute atomic E-state index is 0.00970. The summed E-state index contributed by atoms with van der Waals surface area (Å²) >= 11 is 0. The van der Waals surface area contributed by atoms with Crippen molar-refractivity contribution in [3.8, 4) is 0 Å². The van der Waals surface area contributed by atoms with Gasteiger partial charge in [-0.2, -0.15) is 0 Å². The van der Waals surface area contributed by atoms with Gasteiger partial charge < -0.3 is 16.0 Å². The Morgan fingerprint density at radius 2 is 2.00 bits per heavy atom. The molecule has 0 aliphatic heterocycles. The highest BCUT2D eigenvalue weighted by atomic mass is 16.2. The summed E-state index contributed by atoms with van der Waals surface area (Å²) in [5.41, 5.74) is 2.45. The van der Waals surface area contributed by atoms with E-state index in [1.807, 2.05) is 45.0 Å². The lowest BCUT2D eigenvalue weighted by molar-refractivity contribution is -0.120. The first kappa shape index (κ1) is 17.1. The van der Waals surface area contributed by atoms with Crippen LogP contribution in [0.1, 0.15) is 44.7 Å². The number of benzene rings is 1. The van der Waals surface area contributed by atoms with E-state index in [-0.39, 0.29) is 18.5 Å². The molecule has 0 atom stereocenters. The number of carbonyl (C=O) groups is 2. The third kappa shape index (κ3) is 5.13. The average molecular weight is 315 g/mol. The molecule has 0 saturated heterocycles. The maximum atomic E-state index is 12.0. The van der Waals surface area contributed by atoms with Crippen molar-refractivity contribution in [2.45, 2.75) is 45.2 Å². The van der Waals surface area contributed by atoms with Gasteiger partial charge in [-0.1, -0.05) is 30.4 Å². The van der Waals surface area contributed by atoms with Gasteiger partial charge in [0.25, 0.3) is 0 Å². The van der Waals surface area contributed by atoms with Gasteiger partial charge in [0.05, 0.1) is 12.1 Å². The molecule has 0 aromatic heterocycles. The van der Waals surface area contributed by atoms with Gasteiger partial charge in [0.2, 0.25) is 5.91 Å². The molecule has 0 unspecified atom stereocenters. The van der Waals surface area contributed by atoms with E-state index in [2.05, 4.69) is 22.5 Å². The lowest BCUT2D eigenvalue weighted by Gasteiger charge is -2.27. The molecule has 0 heterocycles. The number of allylic oxidation sites excluding steroid dienone is 1. The quantitative estimate of drug-likeness (QED) is 0.755. The minimum Gasteiger partial charge on any atom is -0.352 e. The van der Waals surface area contributed by atoms with Crippen molar-refractivity contribution in [1.29, 1.82) is 0 Å². The van der Waals surface area contributed by atoms with E-state index in [9.17, 15) is 9.59 Å². The van der Waals surface area contributed by atoms with Crippen LogP contribution in [0.15, 0.2) is 30.8 Å². The highest BCUT2D eigenvalue weighted by Gasteiger charge is 2.25. The summed E-state index contributed by atoms with van der Waals surface area (Å²) in [5.74, 6) is -0.148. The topological polar surface area (TPSA) is 70.2 Å². The Bertz CT molecular complexity index is 618. The van der Waals surface area contributed by atoms with E-state index in [1.54, 1.807) is 0 Å². The fourth-order valence-corrected chi connectivity index (χ4v) is 2.24. The molecule has 1 saturated carbocycles. The summed E-state index contributed by atoms with van der Waals surface area (Å²) in [6.45, 7) is 9.73. The number of nitrogens with one attached hydrogen (secondary N) is 3.